The van der Waals surface area contributed by atoms with Crippen LogP contribution in [-0.2, 0) is 6.42 Å². The lowest BCUT2D eigenvalue weighted by molar-refractivity contribution is 0.0445. The summed E-state index contributed by atoms with van der Waals surface area (Å²) < 4.78 is 0. The maximum absolute atomic E-state index is 12.6. The van der Waals surface area contributed by atoms with Crippen LogP contribution in [0, 0.1) is 18.8 Å². The van der Waals surface area contributed by atoms with E-state index in [9.17, 15) is 4.79 Å². The van der Waals surface area contributed by atoms with E-state index in [-0.39, 0.29) is 11.4 Å². The highest BCUT2D eigenvalue weighted by Crippen LogP contribution is 2.26. The minimum atomic E-state index is -0.0713. The molecule has 1 N–H and O–H groups in total. The first-order chi connectivity index (χ1) is 11.2. The molecular weight excluding hydrogens is 300 g/mol. The Morgan fingerprint density at radius 1 is 1.33 bits per heavy atom. The Morgan fingerprint density at radius 2 is 1.96 bits per heavy atom. The first kappa shape index (κ1) is 18.8. The van der Waals surface area contributed by atoms with Gasteiger partial charge in [0.2, 0.25) is 0 Å². The standard InChI is InChI=1S/C19H32N4O/c1-7-17-16(9-20-15(4)22-17)18(24)21-12-19(5,6)23-10-13(2)8-14(3)11-23/h9,13-14H,7-8,10-12H2,1-6H3,(H,21,24)/t13-,14+. The Balaban J connectivity index is 2.02. The second-order valence-corrected chi connectivity index (χ2v) is 7.98. The summed E-state index contributed by atoms with van der Waals surface area (Å²) in [4.78, 5) is 23.7. The lowest BCUT2D eigenvalue weighted by Crippen LogP contribution is -2.56. The molecular formula is C19H32N4O. The number of rotatable bonds is 5. The van der Waals surface area contributed by atoms with Crippen molar-refractivity contribution < 1.29 is 4.79 Å². The van der Waals surface area contributed by atoms with Crippen LogP contribution in [-0.4, -0.2) is 45.9 Å². The Morgan fingerprint density at radius 3 is 2.54 bits per heavy atom. The van der Waals surface area contributed by atoms with E-state index in [0.717, 1.165) is 25.2 Å². The third-order valence-corrected chi connectivity index (χ3v) is 4.97. The SMILES string of the molecule is CCc1nc(C)ncc1C(=O)NCC(C)(C)N1C[C@H](C)C[C@H](C)C1. The maximum atomic E-state index is 12.6. The van der Waals surface area contributed by atoms with Crippen molar-refractivity contribution in [2.45, 2.75) is 59.9 Å². The number of aromatic nitrogens is 2. The van der Waals surface area contributed by atoms with Gasteiger partial charge in [-0.3, -0.25) is 9.69 Å². The zero-order valence-electron chi connectivity index (χ0n) is 16.0. The predicted molar refractivity (Wildman–Crippen MR) is 97.1 cm³/mol. The summed E-state index contributed by atoms with van der Waals surface area (Å²) in [6, 6.07) is 0. The molecule has 0 unspecified atom stereocenters. The average Bonchev–Trinajstić information content (AvgIpc) is 2.51. The average molecular weight is 332 g/mol. The molecule has 5 nitrogen and oxygen atoms in total. The van der Waals surface area contributed by atoms with Gasteiger partial charge in [0, 0.05) is 31.4 Å². The van der Waals surface area contributed by atoms with E-state index in [0.29, 0.717) is 29.8 Å². The van der Waals surface area contributed by atoms with Gasteiger partial charge in [-0.2, -0.15) is 0 Å². The van der Waals surface area contributed by atoms with Gasteiger partial charge in [-0.15, -0.1) is 0 Å². The molecule has 1 aliphatic heterocycles. The molecule has 0 aromatic carbocycles. The molecule has 5 heteroatoms. The number of nitrogens with one attached hydrogen (secondary N) is 1. The zero-order chi connectivity index (χ0) is 17.9. The van der Waals surface area contributed by atoms with Crippen molar-refractivity contribution in [2.75, 3.05) is 19.6 Å². The van der Waals surface area contributed by atoms with Crippen molar-refractivity contribution in [3.8, 4) is 0 Å². The van der Waals surface area contributed by atoms with Crippen molar-refractivity contribution in [2.24, 2.45) is 11.8 Å². The third kappa shape index (κ3) is 4.53. The topological polar surface area (TPSA) is 58.1 Å². The van der Waals surface area contributed by atoms with Crippen molar-refractivity contribution in [3.63, 3.8) is 0 Å². The first-order valence-corrected chi connectivity index (χ1v) is 9.08. The van der Waals surface area contributed by atoms with E-state index in [2.05, 4.69) is 47.9 Å². The van der Waals surface area contributed by atoms with Crippen LogP contribution < -0.4 is 5.32 Å². The molecule has 1 aromatic rings. The normalized spacial score (nSPS) is 22.4. The maximum Gasteiger partial charge on any atom is 0.254 e. The summed E-state index contributed by atoms with van der Waals surface area (Å²) in [5.74, 6) is 2.06. The number of carbonyl (C=O) groups is 1. The van der Waals surface area contributed by atoms with Crippen LogP contribution in [0.2, 0.25) is 0 Å². The number of hydrogen-bond acceptors (Lipinski definition) is 4. The van der Waals surface area contributed by atoms with Crippen molar-refractivity contribution in [3.05, 3.63) is 23.3 Å². The summed E-state index contributed by atoms with van der Waals surface area (Å²) in [5.41, 5.74) is 1.36. The van der Waals surface area contributed by atoms with E-state index >= 15 is 0 Å². The highest BCUT2D eigenvalue weighted by atomic mass is 16.1. The van der Waals surface area contributed by atoms with E-state index in [1.165, 1.54) is 6.42 Å². The van der Waals surface area contributed by atoms with E-state index < -0.39 is 0 Å². The van der Waals surface area contributed by atoms with Crippen LogP contribution in [0.3, 0.4) is 0 Å². The number of aryl methyl sites for hydroxylation is 2. The van der Waals surface area contributed by atoms with Gasteiger partial charge in [0.15, 0.2) is 0 Å². The number of amides is 1. The lowest BCUT2D eigenvalue weighted by atomic mass is 9.88. The smallest absolute Gasteiger partial charge is 0.254 e. The van der Waals surface area contributed by atoms with Gasteiger partial charge in [0.1, 0.15) is 5.82 Å². The highest BCUT2D eigenvalue weighted by Gasteiger charge is 2.33. The summed E-state index contributed by atoms with van der Waals surface area (Å²) in [5, 5.41) is 3.10. The van der Waals surface area contributed by atoms with Crippen LogP contribution in [0.25, 0.3) is 0 Å². The zero-order valence-corrected chi connectivity index (χ0v) is 16.0. The highest BCUT2D eigenvalue weighted by molar-refractivity contribution is 5.95. The quantitative estimate of drug-likeness (QED) is 0.901. The van der Waals surface area contributed by atoms with Gasteiger partial charge in [-0.05, 0) is 45.4 Å². The Kier molecular flexibility index (Phi) is 5.97. The molecule has 0 bridgehead atoms. The molecule has 1 saturated heterocycles. The fourth-order valence-corrected chi connectivity index (χ4v) is 3.64. The van der Waals surface area contributed by atoms with Crippen LogP contribution in [0.4, 0.5) is 0 Å². The Labute approximate surface area is 146 Å². The van der Waals surface area contributed by atoms with Crippen LogP contribution in [0.1, 0.15) is 62.9 Å². The van der Waals surface area contributed by atoms with Crippen molar-refractivity contribution in [1.82, 2.24) is 20.2 Å². The number of carbonyl (C=O) groups excluding carboxylic acids is 1. The van der Waals surface area contributed by atoms with Gasteiger partial charge in [0.25, 0.3) is 5.91 Å². The number of piperidine rings is 1. The molecule has 0 radical (unpaired) electrons. The first-order valence-electron chi connectivity index (χ1n) is 9.08. The fourth-order valence-electron chi connectivity index (χ4n) is 3.64. The van der Waals surface area contributed by atoms with Crippen LogP contribution >= 0.6 is 0 Å². The predicted octanol–water partition coefficient (Wildman–Crippen LogP) is 2.83. The molecule has 2 heterocycles. The molecule has 0 spiro atoms. The van der Waals surface area contributed by atoms with Gasteiger partial charge in [-0.25, -0.2) is 9.97 Å². The molecule has 1 fully saturated rings. The van der Waals surface area contributed by atoms with Crippen molar-refractivity contribution >= 4 is 5.91 Å². The van der Waals surface area contributed by atoms with Gasteiger partial charge in [-0.1, -0.05) is 20.8 Å². The minimum absolute atomic E-state index is 0.0590. The van der Waals surface area contributed by atoms with Gasteiger partial charge in [0.05, 0.1) is 11.3 Å². The number of likely N-dealkylation sites (tertiary alicyclic amines) is 1. The van der Waals surface area contributed by atoms with Gasteiger partial charge < -0.3 is 5.32 Å². The summed E-state index contributed by atoms with van der Waals surface area (Å²) >= 11 is 0. The summed E-state index contributed by atoms with van der Waals surface area (Å²) in [6.07, 6.45) is 3.67. The molecule has 0 saturated carbocycles. The second kappa shape index (κ2) is 7.60. The van der Waals surface area contributed by atoms with E-state index in [4.69, 9.17) is 0 Å². The molecule has 24 heavy (non-hydrogen) atoms. The molecule has 134 valence electrons. The molecule has 1 amide bonds. The second-order valence-electron chi connectivity index (χ2n) is 7.98. The number of hydrogen-bond donors (Lipinski definition) is 1. The molecule has 1 aliphatic rings. The monoisotopic (exact) mass is 332 g/mol. The Bertz CT molecular complexity index is 575. The fraction of sp³-hybridized carbons (Fsp3) is 0.737. The largest absolute Gasteiger partial charge is 0.350 e. The molecule has 2 atom stereocenters. The summed E-state index contributed by atoms with van der Waals surface area (Å²) in [7, 11) is 0. The Hall–Kier alpha value is -1.49. The molecule has 2 rings (SSSR count). The number of nitrogens with zero attached hydrogens (tertiary/aromatic N) is 3. The summed E-state index contributed by atoms with van der Waals surface area (Å²) in [6.45, 7) is 15.7. The molecule has 1 aromatic heterocycles. The van der Waals surface area contributed by atoms with Crippen LogP contribution in [0.15, 0.2) is 6.20 Å². The lowest BCUT2D eigenvalue weighted by Gasteiger charge is -2.45. The molecule has 0 aliphatic carbocycles. The van der Waals surface area contributed by atoms with E-state index in [1.54, 1.807) is 6.20 Å². The van der Waals surface area contributed by atoms with E-state index in [1.807, 2.05) is 13.8 Å². The van der Waals surface area contributed by atoms with Crippen molar-refractivity contribution in [1.29, 1.82) is 0 Å². The van der Waals surface area contributed by atoms with Gasteiger partial charge >= 0.3 is 0 Å². The van der Waals surface area contributed by atoms with Crippen LogP contribution in [0.5, 0.6) is 0 Å². The third-order valence-electron chi connectivity index (χ3n) is 4.97. The minimum Gasteiger partial charge on any atom is -0.350 e.